The van der Waals surface area contributed by atoms with E-state index in [9.17, 15) is 33.9 Å². The normalized spacial score (nSPS) is 15.4. The number of hydrogen-bond donors (Lipinski definition) is 8. The first-order valence-corrected chi connectivity index (χ1v) is 10.3. The van der Waals surface area contributed by atoms with Gasteiger partial charge in [-0.1, -0.05) is 13.8 Å². The molecule has 0 radical (unpaired) electrons. The number of primary amides is 1. The van der Waals surface area contributed by atoms with Crippen molar-refractivity contribution in [3.05, 3.63) is 0 Å². The van der Waals surface area contributed by atoms with Crippen LogP contribution in [0.3, 0.4) is 0 Å². The Kier molecular flexibility index (Phi) is 12.6. The highest BCUT2D eigenvalue weighted by Gasteiger charge is 2.32. The number of nitrogens with two attached hydrogens (primary N) is 2. The largest absolute Gasteiger partial charge is 0.480 e. The Labute approximate surface area is 191 Å². The minimum Gasteiger partial charge on any atom is -0.480 e. The second-order valence-electron chi connectivity index (χ2n) is 7.91. The van der Waals surface area contributed by atoms with Gasteiger partial charge in [-0.2, -0.15) is 0 Å². The number of carbonyl (C=O) groups is 6. The molecular formula is C19H34N6O8. The van der Waals surface area contributed by atoms with Crippen LogP contribution in [0, 0.1) is 5.92 Å². The van der Waals surface area contributed by atoms with Crippen molar-refractivity contribution in [2.75, 3.05) is 6.54 Å². The van der Waals surface area contributed by atoms with Crippen LogP contribution >= 0.6 is 0 Å². The molecule has 0 aliphatic rings. The molecule has 0 aliphatic heterocycles. The lowest BCUT2D eigenvalue weighted by molar-refractivity contribution is -0.139. The molecule has 33 heavy (non-hydrogen) atoms. The lowest BCUT2D eigenvalue weighted by Gasteiger charge is -2.27. The number of hydrogen-bond acceptors (Lipinski definition) is 8. The van der Waals surface area contributed by atoms with Gasteiger partial charge in [-0.05, 0) is 26.2 Å². The topological polar surface area (TPSA) is 243 Å². The van der Waals surface area contributed by atoms with Gasteiger partial charge in [-0.15, -0.1) is 0 Å². The van der Waals surface area contributed by atoms with Crippen LogP contribution in [0.4, 0.5) is 0 Å². The summed E-state index contributed by atoms with van der Waals surface area (Å²) in [7, 11) is 0. The van der Waals surface area contributed by atoms with Gasteiger partial charge in [-0.3, -0.25) is 28.8 Å². The molecule has 0 aromatic rings. The monoisotopic (exact) mass is 474 g/mol. The summed E-state index contributed by atoms with van der Waals surface area (Å²) in [4.78, 5) is 70.8. The van der Waals surface area contributed by atoms with Crippen LogP contribution in [0.1, 0.15) is 40.5 Å². The standard InChI is InChI=1S/C19H34N6O8/c1-8(2)14(18(32)22-7-13(28)29)24-19(33)15(10(4)26)25-16(30)9(3)23-17(31)11(20)5-6-12(21)27/h8-11,14-15,26H,5-7,20H2,1-4H3,(H2,21,27)(H,22,32)(H,23,31)(H,24,33)(H,25,30)(H,28,29)/t9-,10+,11-,14-,15-/m0/s1. The summed E-state index contributed by atoms with van der Waals surface area (Å²) < 4.78 is 0. The molecular weight excluding hydrogens is 440 g/mol. The number of aliphatic carboxylic acids is 1. The summed E-state index contributed by atoms with van der Waals surface area (Å²) in [6, 6.07) is -4.84. The lowest BCUT2D eigenvalue weighted by atomic mass is 10.0. The van der Waals surface area contributed by atoms with E-state index >= 15 is 0 Å². The Morgan fingerprint density at radius 1 is 0.818 bits per heavy atom. The fourth-order valence-electron chi connectivity index (χ4n) is 2.55. The molecule has 14 nitrogen and oxygen atoms in total. The van der Waals surface area contributed by atoms with Crippen LogP contribution in [0.2, 0.25) is 0 Å². The fraction of sp³-hybridized carbons (Fsp3) is 0.684. The second kappa shape index (κ2) is 14.0. The van der Waals surface area contributed by atoms with Gasteiger partial charge in [0.2, 0.25) is 29.5 Å². The SMILES string of the molecule is CC(C)[C@H](NC(=O)[C@@H](NC(=O)[C@H](C)NC(=O)[C@@H](N)CCC(N)=O)[C@@H](C)O)C(=O)NCC(=O)O. The lowest BCUT2D eigenvalue weighted by Crippen LogP contribution is -2.60. The van der Waals surface area contributed by atoms with Gasteiger partial charge in [0.1, 0.15) is 24.7 Å². The number of carboxylic acid groups (broad SMARTS) is 1. The summed E-state index contributed by atoms with van der Waals surface area (Å²) >= 11 is 0. The van der Waals surface area contributed by atoms with Gasteiger partial charge in [-0.25, -0.2) is 0 Å². The molecule has 5 amide bonds. The first kappa shape index (κ1) is 29.7. The average Bonchev–Trinajstić information content (AvgIpc) is 2.70. The summed E-state index contributed by atoms with van der Waals surface area (Å²) in [6.07, 6.45) is -1.50. The third kappa shape index (κ3) is 11.2. The molecule has 0 saturated heterocycles. The number of nitrogens with one attached hydrogen (secondary N) is 4. The van der Waals surface area contributed by atoms with E-state index < -0.39 is 78.2 Å². The molecule has 10 N–H and O–H groups in total. The van der Waals surface area contributed by atoms with Crippen molar-refractivity contribution < 1.29 is 39.0 Å². The van der Waals surface area contributed by atoms with Gasteiger partial charge in [0, 0.05) is 6.42 Å². The zero-order valence-corrected chi connectivity index (χ0v) is 19.1. The zero-order chi connectivity index (χ0) is 25.9. The summed E-state index contributed by atoms with van der Waals surface area (Å²) in [5.74, 6) is -5.51. The Bertz CT molecular complexity index is 742. The van der Waals surface area contributed by atoms with E-state index in [2.05, 4.69) is 21.3 Å². The number of amides is 5. The van der Waals surface area contributed by atoms with Crippen molar-refractivity contribution in [2.24, 2.45) is 17.4 Å². The molecule has 0 fully saturated rings. The predicted molar refractivity (Wildman–Crippen MR) is 115 cm³/mol. The maximum absolute atomic E-state index is 12.6. The summed E-state index contributed by atoms with van der Waals surface area (Å²) in [6.45, 7) is 5.14. The smallest absolute Gasteiger partial charge is 0.322 e. The van der Waals surface area contributed by atoms with Gasteiger partial charge in [0.15, 0.2) is 0 Å². The molecule has 0 aromatic carbocycles. The second-order valence-corrected chi connectivity index (χ2v) is 7.91. The van der Waals surface area contributed by atoms with Crippen molar-refractivity contribution in [1.82, 2.24) is 21.3 Å². The third-order valence-electron chi connectivity index (χ3n) is 4.51. The van der Waals surface area contributed by atoms with E-state index in [0.29, 0.717) is 0 Å². The molecule has 0 aromatic heterocycles. The van der Waals surface area contributed by atoms with Gasteiger partial charge in [0.25, 0.3) is 0 Å². The molecule has 0 rings (SSSR count). The number of aliphatic hydroxyl groups excluding tert-OH is 1. The van der Waals surface area contributed by atoms with Crippen LogP contribution in [-0.2, 0) is 28.8 Å². The number of rotatable bonds is 14. The van der Waals surface area contributed by atoms with Crippen molar-refractivity contribution in [3.8, 4) is 0 Å². The van der Waals surface area contributed by atoms with E-state index in [1.807, 2.05) is 0 Å². The predicted octanol–water partition coefficient (Wildman–Crippen LogP) is -3.71. The molecule has 5 atom stereocenters. The Hall–Kier alpha value is -3.26. The summed E-state index contributed by atoms with van der Waals surface area (Å²) in [5, 5.41) is 27.8. The van der Waals surface area contributed by atoms with E-state index in [4.69, 9.17) is 16.6 Å². The molecule has 0 heterocycles. The highest BCUT2D eigenvalue weighted by molar-refractivity contribution is 5.95. The zero-order valence-electron chi connectivity index (χ0n) is 19.1. The van der Waals surface area contributed by atoms with Crippen LogP contribution in [-0.4, -0.2) is 82.5 Å². The van der Waals surface area contributed by atoms with Crippen LogP contribution < -0.4 is 32.7 Å². The Balaban J connectivity index is 5.11. The van der Waals surface area contributed by atoms with Crippen molar-refractivity contribution >= 4 is 35.5 Å². The fourth-order valence-corrected chi connectivity index (χ4v) is 2.55. The molecule has 0 spiro atoms. The molecule has 188 valence electrons. The Morgan fingerprint density at radius 2 is 1.36 bits per heavy atom. The Morgan fingerprint density at radius 3 is 1.82 bits per heavy atom. The van der Waals surface area contributed by atoms with Crippen LogP contribution in [0.15, 0.2) is 0 Å². The van der Waals surface area contributed by atoms with Crippen molar-refractivity contribution in [2.45, 2.75) is 70.8 Å². The van der Waals surface area contributed by atoms with Gasteiger partial charge in [0.05, 0.1) is 12.1 Å². The van der Waals surface area contributed by atoms with E-state index in [1.165, 1.54) is 13.8 Å². The maximum atomic E-state index is 12.6. The molecule has 0 unspecified atom stereocenters. The maximum Gasteiger partial charge on any atom is 0.322 e. The van der Waals surface area contributed by atoms with Crippen LogP contribution in [0.5, 0.6) is 0 Å². The first-order valence-electron chi connectivity index (χ1n) is 10.3. The molecule has 0 bridgehead atoms. The average molecular weight is 475 g/mol. The minimum absolute atomic E-state index is 0.0191. The number of aliphatic hydroxyl groups is 1. The van der Waals surface area contributed by atoms with Crippen molar-refractivity contribution in [3.63, 3.8) is 0 Å². The van der Waals surface area contributed by atoms with Crippen LogP contribution in [0.25, 0.3) is 0 Å². The molecule has 0 aliphatic carbocycles. The number of carbonyl (C=O) groups excluding carboxylic acids is 5. The van der Waals surface area contributed by atoms with E-state index in [0.717, 1.165) is 0 Å². The third-order valence-corrected chi connectivity index (χ3v) is 4.51. The highest BCUT2D eigenvalue weighted by Crippen LogP contribution is 2.04. The molecule has 0 saturated carbocycles. The first-order chi connectivity index (χ1) is 15.2. The van der Waals surface area contributed by atoms with E-state index in [1.54, 1.807) is 13.8 Å². The van der Waals surface area contributed by atoms with Gasteiger partial charge >= 0.3 is 5.97 Å². The highest BCUT2D eigenvalue weighted by atomic mass is 16.4. The van der Waals surface area contributed by atoms with E-state index in [-0.39, 0.29) is 12.8 Å². The minimum atomic E-state index is -1.48. The molecule has 14 heteroatoms. The van der Waals surface area contributed by atoms with Gasteiger partial charge < -0.3 is 42.9 Å². The number of carboxylic acids is 1. The summed E-state index contributed by atoms with van der Waals surface area (Å²) in [5.41, 5.74) is 10.6. The van der Waals surface area contributed by atoms with Crippen molar-refractivity contribution in [1.29, 1.82) is 0 Å². The quantitative estimate of drug-likeness (QED) is 0.123.